The van der Waals surface area contributed by atoms with Gasteiger partial charge in [-0.25, -0.2) is 0 Å². The molecule has 0 aliphatic rings. The third-order valence-corrected chi connectivity index (χ3v) is 4.93. The smallest absolute Gasteiger partial charge is 0.101 e. The molecule has 3 rings (SSSR count). The van der Waals surface area contributed by atoms with Gasteiger partial charge in [-0.15, -0.1) is 0 Å². The van der Waals surface area contributed by atoms with E-state index < -0.39 is 0 Å². The van der Waals surface area contributed by atoms with Crippen molar-refractivity contribution in [3.8, 4) is 28.5 Å². The molecule has 2 aromatic carbocycles. The zero-order chi connectivity index (χ0) is 17.3. The second-order valence-corrected chi connectivity index (χ2v) is 6.62. The van der Waals surface area contributed by atoms with Gasteiger partial charge in [-0.05, 0) is 35.9 Å². The van der Waals surface area contributed by atoms with Crippen molar-refractivity contribution in [1.82, 2.24) is 4.98 Å². The van der Waals surface area contributed by atoms with Crippen LogP contribution in [0.25, 0.3) is 22.4 Å². The number of nitriles is 1. The lowest BCUT2D eigenvalue weighted by atomic mass is 10.0. The second-order valence-electron chi connectivity index (χ2n) is 4.99. The fourth-order valence-electron chi connectivity index (χ4n) is 2.26. The predicted octanol–water partition coefficient (Wildman–Crippen LogP) is 6.90. The highest BCUT2D eigenvalue weighted by molar-refractivity contribution is 6.42. The van der Waals surface area contributed by atoms with E-state index in [1.807, 2.05) is 6.07 Å². The zero-order valence-corrected chi connectivity index (χ0v) is 15.0. The summed E-state index contributed by atoms with van der Waals surface area (Å²) in [5.74, 6) is 0. The highest BCUT2D eigenvalue weighted by Gasteiger charge is 2.11. The first-order valence-electron chi connectivity index (χ1n) is 6.80. The van der Waals surface area contributed by atoms with Crippen LogP contribution in [0.3, 0.4) is 0 Å². The predicted molar refractivity (Wildman–Crippen MR) is 99.9 cm³/mol. The van der Waals surface area contributed by atoms with Gasteiger partial charge in [-0.2, -0.15) is 5.26 Å². The molecular formula is C18H8Cl4N2. The van der Waals surface area contributed by atoms with E-state index in [4.69, 9.17) is 46.4 Å². The van der Waals surface area contributed by atoms with Crippen molar-refractivity contribution in [2.24, 2.45) is 0 Å². The zero-order valence-electron chi connectivity index (χ0n) is 12.0. The summed E-state index contributed by atoms with van der Waals surface area (Å²) < 4.78 is 0. The molecule has 24 heavy (non-hydrogen) atoms. The van der Waals surface area contributed by atoms with Crippen LogP contribution in [0.5, 0.6) is 0 Å². The minimum absolute atomic E-state index is 0.411. The maximum atomic E-state index is 9.48. The van der Waals surface area contributed by atoms with Crippen molar-refractivity contribution in [2.75, 3.05) is 0 Å². The van der Waals surface area contributed by atoms with Gasteiger partial charge in [0.05, 0.1) is 31.3 Å². The Bertz CT molecular complexity index is 977. The Morgan fingerprint density at radius 2 is 1.29 bits per heavy atom. The first kappa shape index (κ1) is 17.1. The third-order valence-electron chi connectivity index (χ3n) is 3.45. The van der Waals surface area contributed by atoms with E-state index in [9.17, 15) is 5.26 Å². The summed E-state index contributed by atoms with van der Waals surface area (Å²) in [5.41, 5.74) is 3.29. The molecule has 0 amide bonds. The molecule has 0 radical (unpaired) electrons. The van der Waals surface area contributed by atoms with E-state index in [2.05, 4.69) is 11.1 Å². The topological polar surface area (TPSA) is 36.7 Å². The minimum atomic E-state index is 0.411. The number of benzene rings is 2. The van der Waals surface area contributed by atoms with Gasteiger partial charge in [-0.1, -0.05) is 58.5 Å². The monoisotopic (exact) mass is 392 g/mol. The molecule has 0 spiro atoms. The van der Waals surface area contributed by atoms with Crippen molar-refractivity contribution in [3.05, 3.63) is 74.3 Å². The summed E-state index contributed by atoms with van der Waals surface area (Å²) in [6.07, 6.45) is 1.68. The van der Waals surface area contributed by atoms with Gasteiger partial charge in [0.15, 0.2) is 0 Å². The Hall–Kier alpha value is -1.76. The molecule has 1 aromatic heterocycles. The molecule has 0 N–H and O–H groups in total. The van der Waals surface area contributed by atoms with E-state index in [0.29, 0.717) is 31.3 Å². The standard InChI is InChI=1S/C18H8Cl4N2/c19-14-3-1-10(6-16(14)21)13-5-12(8-23)18(24-9-13)11-2-4-15(20)17(22)7-11/h1-7,9H. The Balaban J connectivity index is 2.10. The van der Waals surface area contributed by atoms with E-state index in [1.54, 1.807) is 42.6 Å². The summed E-state index contributed by atoms with van der Waals surface area (Å²) in [6, 6.07) is 14.3. The first-order valence-corrected chi connectivity index (χ1v) is 8.32. The summed E-state index contributed by atoms with van der Waals surface area (Å²) >= 11 is 24.0. The number of hydrogen-bond acceptors (Lipinski definition) is 2. The lowest BCUT2D eigenvalue weighted by Gasteiger charge is -2.08. The normalized spacial score (nSPS) is 10.5. The fraction of sp³-hybridized carbons (Fsp3) is 0. The Morgan fingerprint density at radius 1 is 0.708 bits per heavy atom. The number of rotatable bonds is 2. The van der Waals surface area contributed by atoms with Crippen LogP contribution in [0.4, 0.5) is 0 Å². The van der Waals surface area contributed by atoms with E-state index in [1.165, 1.54) is 0 Å². The highest BCUT2D eigenvalue weighted by atomic mass is 35.5. The van der Waals surface area contributed by atoms with Crippen LogP contribution < -0.4 is 0 Å². The fourth-order valence-corrected chi connectivity index (χ4v) is 2.85. The van der Waals surface area contributed by atoms with Gasteiger partial charge in [0.1, 0.15) is 6.07 Å². The van der Waals surface area contributed by atoms with E-state index in [-0.39, 0.29) is 0 Å². The van der Waals surface area contributed by atoms with Crippen LogP contribution in [0.2, 0.25) is 20.1 Å². The van der Waals surface area contributed by atoms with Crippen LogP contribution in [-0.2, 0) is 0 Å². The largest absolute Gasteiger partial charge is 0.254 e. The van der Waals surface area contributed by atoms with Gasteiger partial charge in [0, 0.05) is 17.3 Å². The summed E-state index contributed by atoms with van der Waals surface area (Å²) in [4.78, 5) is 4.42. The van der Waals surface area contributed by atoms with Crippen molar-refractivity contribution >= 4 is 46.4 Å². The summed E-state index contributed by atoms with van der Waals surface area (Å²) in [5, 5.41) is 11.3. The molecule has 0 unspecified atom stereocenters. The number of aromatic nitrogens is 1. The maximum absolute atomic E-state index is 9.48. The number of halogens is 4. The first-order chi connectivity index (χ1) is 11.5. The van der Waals surface area contributed by atoms with Gasteiger partial charge in [-0.3, -0.25) is 4.98 Å². The molecule has 0 atom stereocenters. The van der Waals surface area contributed by atoms with Gasteiger partial charge < -0.3 is 0 Å². The van der Waals surface area contributed by atoms with E-state index in [0.717, 1.165) is 16.7 Å². The molecule has 2 nitrogen and oxygen atoms in total. The van der Waals surface area contributed by atoms with Crippen molar-refractivity contribution in [2.45, 2.75) is 0 Å². The van der Waals surface area contributed by atoms with E-state index >= 15 is 0 Å². The molecule has 0 bridgehead atoms. The van der Waals surface area contributed by atoms with Crippen molar-refractivity contribution in [3.63, 3.8) is 0 Å². The summed E-state index contributed by atoms with van der Waals surface area (Å²) in [6.45, 7) is 0. The molecule has 118 valence electrons. The third kappa shape index (κ3) is 3.36. The maximum Gasteiger partial charge on any atom is 0.101 e. The molecule has 1 heterocycles. The number of hydrogen-bond donors (Lipinski definition) is 0. The number of pyridine rings is 1. The highest BCUT2D eigenvalue weighted by Crippen LogP contribution is 2.32. The Labute approximate surface area is 159 Å². The molecule has 0 aliphatic carbocycles. The van der Waals surface area contributed by atoms with Crippen LogP contribution in [0.15, 0.2) is 48.7 Å². The summed E-state index contributed by atoms with van der Waals surface area (Å²) in [7, 11) is 0. The van der Waals surface area contributed by atoms with Crippen molar-refractivity contribution < 1.29 is 0 Å². The van der Waals surface area contributed by atoms with Crippen LogP contribution >= 0.6 is 46.4 Å². The lowest BCUT2D eigenvalue weighted by Crippen LogP contribution is -1.91. The van der Waals surface area contributed by atoms with Crippen LogP contribution in [-0.4, -0.2) is 4.98 Å². The molecule has 0 fully saturated rings. The second kappa shape index (κ2) is 7.01. The molecule has 3 aromatic rings. The number of nitrogens with zero attached hydrogens (tertiary/aromatic N) is 2. The van der Waals surface area contributed by atoms with Gasteiger partial charge in [0.2, 0.25) is 0 Å². The van der Waals surface area contributed by atoms with Crippen molar-refractivity contribution in [1.29, 1.82) is 5.26 Å². The molecule has 0 saturated heterocycles. The SMILES string of the molecule is N#Cc1cc(-c2ccc(Cl)c(Cl)c2)cnc1-c1ccc(Cl)c(Cl)c1. The Kier molecular flexibility index (Phi) is 4.99. The molecule has 6 heteroatoms. The van der Waals surface area contributed by atoms with Gasteiger partial charge in [0.25, 0.3) is 0 Å². The lowest BCUT2D eigenvalue weighted by molar-refractivity contribution is 1.30. The quantitative estimate of drug-likeness (QED) is 0.474. The van der Waals surface area contributed by atoms with Gasteiger partial charge >= 0.3 is 0 Å². The molecular weight excluding hydrogens is 386 g/mol. The minimum Gasteiger partial charge on any atom is -0.254 e. The van der Waals surface area contributed by atoms with Crippen LogP contribution in [0.1, 0.15) is 5.56 Å². The molecule has 0 saturated carbocycles. The average molecular weight is 394 g/mol. The van der Waals surface area contributed by atoms with Crippen LogP contribution in [0, 0.1) is 11.3 Å². The average Bonchev–Trinajstić information content (AvgIpc) is 2.59. The molecule has 0 aliphatic heterocycles. The Morgan fingerprint density at radius 3 is 1.88 bits per heavy atom.